The van der Waals surface area contributed by atoms with E-state index in [1.165, 1.54) is 4.68 Å². The van der Waals surface area contributed by atoms with Gasteiger partial charge < -0.3 is 15.5 Å². The minimum atomic E-state index is -0.389. The lowest BCUT2D eigenvalue weighted by molar-refractivity contribution is 0.480. The predicted octanol–water partition coefficient (Wildman–Crippen LogP) is 1.83. The summed E-state index contributed by atoms with van der Waals surface area (Å²) < 4.78 is 6.83. The van der Waals surface area contributed by atoms with Crippen LogP contribution in [0.4, 0.5) is 5.95 Å². The number of aliphatic imine (C=N–C) groups is 1. The van der Waals surface area contributed by atoms with Crippen molar-refractivity contribution in [1.82, 2.24) is 14.8 Å². The molecule has 4 rings (SSSR count). The SMILES string of the molecule is NC1=NC(c2ccco2)Nc2nc(-c3ccccc3)nn21. The second kappa shape index (κ2) is 4.48. The first-order valence-electron chi connectivity index (χ1n) is 6.47. The molecule has 0 saturated carbocycles. The molecule has 0 saturated heterocycles. The Morgan fingerprint density at radius 3 is 2.76 bits per heavy atom. The molecule has 2 aromatic heterocycles. The molecule has 3 heterocycles. The smallest absolute Gasteiger partial charge is 0.231 e. The summed E-state index contributed by atoms with van der Waals surface area (Å²) >= 11 is 0. The Balaban J connectivity index is 1.73. The quantitative estimate of drug-likeness (QED) is 0.746. The third kappa shape index (κ3) is 1.95. The highest BCUT2D eigenvalue weighted by atomic mass is 16.3. The number of nitrogens with one attached hydrogen (secondary N) is 1. The van der Waals surface area contributed by atoms with Gasteiger partial charge in [-0.2, -0.15) is 9.67 Å². The van der Waals surface area contributed by atoms with Crippen LogP contribution >= 0.6 is 0 Å². The van der Waals surface area contributed by atoms with Crippen LogP contribution in [0.25, 0.3) is 11.4 Å². The van der Waals surface area contributed by atoms with Crippen molar-refractivity contribution >= 4 is 11.9 Å². The standard InChI is InChI=1S/C14H12N6O/c15-13-16-12(10-7-4-8-21-10)18-14-17-11(19-20(13)14)9-5-2-1-3-6-9/h1-8,12H,(H2,15,16)(H,17,18,19). The molecule has 0 fully saturated rings. The first-order valence-corrected chi connectivity index (χ1v) is 6.47. The molecule has 0 aliphatic carbocycles. The van der Waals surface area contributed by atoms with E-state index in [0.29, 0.717) is 17.5 Å². The second-order valence-corrected chi connectivity index (χ2v) is 4.59. The number of nitrogens with zero attached hydrogens (tertiary/aromatic N) is 4. The average molecular weight is 280 g/mol. The Labute approximate surface area is 120 Å². The van der Waals surface area contributed by atoms with E-state index >= 15 is 0 Å². The number of fused-ring (bicyclic) bond motifs is 1. The molecule has 0 bridgehead atoms. The van der Waals surface area contributed by atoms with Gasteiger partial charge in [-0.15, -0.1) is 5.10 Å². The first-order chi connectivity index (χ1) is 10.3. The van der Waals surface area contributed by atoms with Gasteiger partial charge in [0.15, 0.2) is 12.0 Å². The molecule has 3 N–H and O–H groups in total. The molecule has 1 aliphatic heterocycles. The maximum absolute atomic E-state index is 5.96. The fourth-order valence-electron chi connectivity index (χ4n) is 2.20. The highest BCUT2D eigenvalue weighted by Gasteiger charge is 2.25. The molecular weight excluding hydrogens is 268 g/mol. The Morgan fingerprint density at radius 1 is 1.14 bits per heavy atom. The van der Waals surface area contributed by atoms with Crippen molar-refractivity contribution < 1.29 is 4.42 Å². The summed E-state index contributed by atoms with van der Waals surface area (Å²) in [5, 5.41) is 7.52. The lowest BCUT2D eigenvalue weighted by Gasteiger charge is -2.18. The van der Waals surface area contributed by atoms with Gasteiger partial charge in [-0.1, -0.05) is 30.3 Å². The fourth-order valence-corrected chi connectivity index (χ4v) is 2.20. The molecule has 7 nitrogen and oxygen atoms in total. The van der Waals surface area contributed by atoms with E-state index in [-0.39, 0.29) is 12.1 Å². The van der Waals surface area contributed by atoms with Gasteiger partial charge in [0.2, 0.25) is 11.9 Å². The Morgan fingerprint density at radius 2 is 2.00 bits per heavy atom. The zero-order chi connectivity index (χ0) is 14.2. The van der Waals surface area contributed by atoms with E-state index in [4.69, 9.17) is 10.2 Å². The van der Waals surface area contributed by atoms with Crippen LogP contribution in [0.3, 0.4) is 0 Å². The zero-order valence-electron chi connectivity index (χ0n) is 11.0. The zero-order valence-corrected chi connectivity index (χ0v) is 11.0. The first kappa shape index (κ1) is 11.7. The van der Waals surface area contributed by atoms with Gasteiger partial charge >= 0.3 is 0 Å². The summed E-state index contributed by atoms with van der Waals surface area (Å²) in [6.07, 6.45) is 1.21. The number of furan rings is 1. The molecule has 3 aromatic rings. The minimum Gasteiger partial charge on any atom is -0.465 e. The van der Waals surface area contributed by atoms with Crippen LogP contribution in [0.5, 0.6) is 0 Å². The maximum atomic E-state index is 5.96. The van der Waals surface area contributed by atoms with E-state index in [2.05, 4.69) is 20.4 Å². The molecule has 0 spiro atoms. The van der Waals surface area contributed by atoms with Crippen LogP contribution in [-0.4, -0.2) is 20.7 Å². The normalized spacial score (nSPS) is 17.0. The van der Waals surface area contributed by atoms with E-state index in [1.807, 2.05) is 36.4 Å². The van der Waals surface area contributed by atoms with Crippen molar-refractivity contribution in [1.29, 1.82) is 0 Å². The summed E-state index contributed by atoms with van der Waals surface area (Å²) in [5.41, 5.74) is 6.88. The molecule has 104 valence electrons. The van der Waals surface area contributed by atoms with Crippen LogP contribution in [-0.2, 0) is 0 Å². The summed E-state index contributed by atoms with van der Waals surface area (Å²) in [7, 11) is 0. The van der Waals surface area contributed by atoms with E-state index < -0.39 is 0 Å². The molecule has 7 heteroatoms. The number of hydrogen-bond donors (Lipinski definition) is 2. The van der Waals surface area contributed by atoms with E-state index in [0.717, 1.165) is 5.56 Å². The number of anilines is 1. The summed E-state index contributed by atoms with van der Waals surface area (Å²) in [6, 6.07) is 13.3. The molecule has 1 aromatic carbocycles. The van der Waals surface area contributed by atoms with Crippen LogP contribution in [0, 0.1) is 0 Å². The summed E-state index contributed by atoms with van der Waals surface area (Å²) in [5.74, 6) is 2.09. The van der Waals surface area contributed by atoms with Crippen molar-refractivity contribution in [3.05, 3.63) is 54.5 Å². The monoisotopic (exact) mass is 280 g/mol. The number of aromatic nitrogens is 3. The number of rotatable bonds is 2. The van der Waals surface area contributed by atoms with Gasteiger partial charge in [0.25, 0.3) is 0 Å². The van der Waals surface area contributed by atoms with Crippen molar-refractivity contribution in [2.24, 2.45) is 10.7 Å². The molecular formula is C14H12N6O. The lowest BCUT2D eigenvalue weighted by Crippen LogP contribution is -2.32. The molecule has 21 heavy (non-hydrogen) atoms. The van der Waals surface area contributed by atoms with Gasteiger partial charge in [0, 0.05) is 5.56 Å². The lowest BCUT2D eigenvalue weighted by atomic mass is 10.2. The Bertz CT molecular complexity index is 790. The van der Waals surface area contributed by atoms with Crippen molar-refractivity contribution in [3.8, 4) is 11.4 Å². The summed E-state index contributed by atoms with van der Waals surface area (Å²) in [4.78, 5) is 8.79. The number of benzene rings is 1. The van der Waals surface area contributed by atoms with Crippen LogP contribution in [0.1, 0.15) is 11.9 Å². The fraction of sp³-hybridized carbons (Fsp3) is 0.0714. The van der Waals surface area contributed by atoms with Crippen LogP contribution in [0.2, 0.25) is 0 Å². The molecule has 1 atom stereocenters. The molecule has 1 aliphatic rings. The number of hydrogen-bond acceptors (Lipinski definition) is 6. The van der Waals surface area contributed by atoms with Gasteiger partial charge in [-0.05, 0) is 12.1 Å². The third-order valence-electron chi connectivity index (χ3n) is 3.20. The second-order valence-electron chi connectivity index (χ2n) is 4.59. The number of nitrogens with two attached hydrogens (primary N) is 1. The summed E-state index contributed by atoms with van der Waals surface area (Å²) in [6.45, 7) is 0. The molecule has 0 amide bonds. The molecule has 0 radical (unpaired) electrons. The van der Waals surface area contributed by atoms with Gasteiger partial charge in [0.05, 0.1) is 6.26 Å². The topological polar surface area (TPSA) is 94.3 Å². The predicted molar refractivity (Wildman–Crippen MR) is 77.6 cm³/mol. The minimum absolute atomic E-state index is 0.278. The third-order valence-corrected chi connectivity index (χ3v) is 3.20. The van der Waals surface area contributed by atoms with Crippen molar-refractivity contribution in [3.63, 3.8) is 0 Å². The maximum Gasteiger partial charge on any atom is 0.231 e. The van der Waals surface area contributed by atoms with Crippen LogP contribution in [0.15, 0.2) is 58.1 Å². The van der Waals surface area contributed by atoms with Gasteiger partial charge in [-0.3, -0.25) is 0 Å². The van der Waals surface area contributed by atoms with Gasteiger partial charge in [-0.25, -0.2) is 4.99 Å². The van der Waals surface area contributed by atoms with Crippen LogP contribution < -0.4 is 11.1 Å². The van der Waals surface area contributed by atoms with Gasteiger partial charge in [0.1, 0.15) is 5.76 Å². The highest BCUT2D eigenvalue weighted by Crippen LogP contribution is 2.26. The Kier molecular flexibility index (Phi) is 2.50. The highest BCUT2D eigenvalue weighted by molar-refractivity contribution is 5.84. The van der Waals surface area contributed by atoms with Crippen molar-refractivity contribution in [2.75, 3.05) is 5.32 Å². The Hall–Kier alpha value is -3.09. The van der Waals surface area contributed by atoms with E-state index in [1.54, 1.807) is 12.3 Å². The molecule has 1 unspecified atom stereocenters. The van der Waals surface area contributed by atoms with Crippen molar-refractivity contribution in [2.45, 2.75) is 6.17 Å². The largest absolute Gasteiger partial charge is 0.465 e. The average Bonchev–Trinajstić information content (AvgIpc) is 3.17. The van der Waals surface area contributed by atoms with E-state index in [9.17, 15) is 0 Å².